The van der Waals surface area contributed by atoms with Gasteiger partial charge in [0, 0.05) is 18.8 Å². The maximum absolute atomic E-state index is 12.1. The lowest BCUT2D eigenvalue weighted by molar-refractivity contribution is -0.132. The summed E-state index contributed by atoms with van der Waals surface area (Å²) in [5, 5.41) is 9.68. The Balaban J connectivity index is 2.20. The Hall–Kier alpha value is -2.22. The van der Waals surface area contributed by atoms with Crippen LogP contribution in [0.5, 0.6) is 0 Å². The van der Waals surface area contributed by atoms with E-state index in [-0.39, 0.29) is 17.4 Å². The highest BCUT2D eigenvalue weighted by Crippen LogP contribution is 2.45. The van der Waals surface area contributed by atoms with Crippen molar-refractivity contribution in [2.75, 3.05) is 13.1 Å². The minimum absolute atomic E-state index is 0.0315. The molecule has 23 heavy (non-hydrogen) atoms. The lowest BCUT2D eigenvalue weighted by atomic mass is 9.72. The van der Waals surface area contributed by atoms with Crippen LogP contribution in [-0.4, -0.2) is 35.3 Å². The Morgan fingerprint density at radius 3 is 2.22 bits per heavy atom. The number of Topliss-reactive ketones (excluding diaryl/α,β-unsaturated/α-hetero) is 3. The van der Waals surface area contributed by atoms with Crippen molar-refractivity contribution in [1.82, 2.24) is 4.90 Å². The molecule has 1 aliphatic heterocycles. The number of carbonyl (C=O) groups excluding carboxylic acids is 3. The first-order valence-electron chi connectivity index (χ1n) is 8.06. The van der Waals surface area contributed by atoms with Gasteiger partial charge in [-0.2, -0.15) is 5.26 Å². The normalized spacial score (nSPS) is 27.9. The van der Waals surface area contributed by atoms with Gasteiger partial charge in [0.2, 0.25) is 11.6 Å². The van der Waals surface area contributed by atoms with E-state index >= 15 is 0 Å². The Kier molecular flexibility index (Phi) is 3.71. The van der Waals surface area contributed by atoms with E-state index in [1.165, 1.54) is 0 Å². The van der Waals surface area contributed by atoms with Gasteiger partial charge in [-0.15, -0.1) is 0 Å². The van der Waals surface area contributed by atoms with Crippen LogP contribution in [0.15, 0.2) is 22.4 Å². The maximum Gasteiger partial charge on any atom is 0.232 e. The molecular weight excluding hydrogens is 292 g/mol. The maximum atomic E-state index is 12.1. The molecule has 0 aromatic carbocycles. The number of nitriles is 1. The molecule has 2 aliphatic carbocycles. The third kappa shape index (κ3) is 2.63. The lowest BCUT2D eigenvalue weighted by Gasteiger charge is -2.37. The molecule has 0 N–H and O–H groups in total. The molecule has 0 radical (unpaired) electrons. The van der Waals surface area contributed by atoms with Crippen LogP contribution in [0.3, 0.4) is 0 Å². The van der Waals surface area contributed by atoms with E-state index in [0.29, 0.717) is 17.6 Å². The average molecular weight is 312 g/mol. The number of ketones is 3. The Bertz CT molecular complexity index is 713. The molecule has 3 rings (SSSR count). The van der Waals surface area contributed by atoms with E-state index < -0.39 is 17.3 Å². The van der Waals surface area contributed by atoms with Gasteiger partial charge in [0.05, 0.1) is 17.6 Å². The van der Waals surface area contributed by atoms with Crippen molar-refractivity contribution in [3.8, 4) is 6.07 Å². The average Bonchev–Trinajstić information content (AvgIpc) is 3.07. The summed E-state index contributed by atoms with van der Waals surface area (Å²) in [6.45, 7) is 5.95. The number of hydrogen-bond donors (Lipinski definition) is 0. The molecule has 1 saturated carbocycles. The summed E-state index contributed by atoms with van der Waals surface area (Å²) in [5.74, 6) is -1.79. The zero-order valence-corrected chi connectivity index (χ0v) is 13.6. The lowest BCUT2D eigenvalue weighted by Crippen LogP contribution is -2.31. The van der Waals surface area contributed by atoms with E-state index in [9.17, 15) is 19.6 Å². The predicted octanol–water partition coefficient (Wildman–Crippen LogP) is 2.09. The van der Waals surface area contributed by atoms with Gasteiger partial charge in [-0.3, -0.25) is 14.4 Å². The van der Waals surface area contributed by atoms with E-state index in [1.54, 1.807) is 0 Å². The molecule has 1 saturated heterocycles. The topological polar surface area (TPSA) is 78.2 Å². The van der Waals surface area contributed by atoms with Crippen molar-refractivity contribution in [2.24, 2.45) is 5.41 Å². The largest absolute Gasteiger partial charge is 0.374 e. The second-order valence-electron chi connectivity index (χ2n) is 7.35. The van der Waals surface area contributed by atoms with Crippen LogP contribution in [0, 0.1) is 16.7 Å². The number of hydrogen-bond acceptors (Lipinski definition) is 5. The molecule has 120 valence electrons. The smallest absolute Gasteiger partial charge is 0.232 e. The SMILES string of the molecule is CC1(C)CC(N2CCCC2)=C(C#N)/C(=C2/C(=O)CC(=O)C2=O)C1. The minimum Gasteiger partial charge on any atom is -0.374 e. The third-order valence-electron chi connectivity index (χ3n) is 4.87. The van der Waals surface area contributed by atoms with Gasteiger partial charge in [-0.25, -0.2) is 0 Å². The van der Waals surface area contributed by atoms with E-state index in [2.05, 4.69) is 24.8 Å². The van der Waals surface area contributed by atoms with Gasteiger partial charge >= 0.3 is 0 Å². The zero-order chi connectivity index (χ0) is 16.8. The monoisotopic (exact) mass is 312 g/mol. The third-order valence-corrected chi connectivity index (χ3v) is 4.87. The number of likely N-dealkylation sites (tertiary alicyclic amines) is 1. The van der Waals surface area contributed by atoms with Gasteiger partial charge in [0.15, 0.2) is 5.78 Å². The highest BCUT2D eigenvalue weighted by molar-refractivity contribution is 6.58. The first kappa shape index (κ1) is 15.7. The molecule has 5 nitrogen and oxygen atoms in total. The van der Waals surface area contributed by atoms with Crippen LogP contribution in [-0.2, 0) is 14.4 Å². The molecule has 0 amide bonds. The second kappa shape index (κ2) is 5.45. The standard InChI is InChI=1S/C18H20N2O3/c1-18(2)8-11(16-14(21)7-15(22)17(16)23)12(10-19)13(9-18)20-5-3-4-6-20/h3-9H2,1-2H3/b16-11-. The Morgan fingerprint density at radius 1 is 1.04 bits per heavy atom. The second-order valence-corrected chi connectivity index (χ2v) is 7.35. The minimum atomic E-state index is -0.712. The van der Waals surface area contributed by atoms with Crippen molar-refractivity contribution in [3.05, 3.63) is 22.4 Å². The molecule has 0 bridgehead atoms. The first-order valence-corrected chi connectivity index (χ1v) is 8.06. The summed E-state index contributed by atoms with van der Waals surface area (Å²) in [6, 6.07) is 2.22. The molecule has 2 fully saturated rings. The number of nitrogens with zero attached hydrogens (tertiary/aromatic N) is 2. The highest BCUT2D eigenvalue weighted by Gasteiger charge is 2.42. The van der Waals surface area contributed by atoms with Gasteiger partial charge < -0.3 is 4.90 Å². The summed E-state index contributed by atoms with van der Waals surface area (Å²) in [5.41, 5.74) is 1.69. The molecule has 1 heterocycles. The van der Waals surface area contributed by atoms with Gasteiger partial charge in [0.1, 0.15) is 6.07 Å². The van der Waals surface area contributed by atoms with Crippen LogP contribution < -0.4 is 0 Å². The van der Waals surface area contributed by atoms with E-state index in [0.717, 1.165) is 38.0 Å². The summed E-state index contributed by atoms with van der Waals surface area (Å²) in [6.07, 6.45) is 3.06. The van der Waals surface area contributed by atoms with Crippen LogP contribution in [0.1, 0.15) is 46.0 Å². The van der Waals surface area contributed by atoms with E-state index in [1.807, 2.05) is 0 Å². The summed E-state index contributed by atoms with van der Waals surface area (Å²) in [4.78, 5) is 38.1. The van der Waals surface area contributed by atoms with Crippen molar-refractivity contribution in [3.63, 3.8) is 0 Å². The van der Waals surface area contributed by atoms with Crippen molar-refractivity contribution < 1.29 is 14.4 Å². The summed E-state index contributed by atoms with van der Waals surface area (Å²) in [7, 11) is 0. The molecule has 0 atom stereocenters. The zero-order valence-electron chi connectivity index (χ0n) is 13.6. The molecule has 3 aliphatic rings. The fraction of sp³-hybridized carbons (Fsp3) is 0.556. The van der Waals surface area contributed by atoms with Gasteiger partial charge in [-0.1, -0.05) is 13.8 Å². The molecule has 5 heteroatoms. The fourth-order valence-electron chi connectivity index (χ4n) is 3.83. The fourth-order valence-corrected chi connectivity index (χ4v) is 3.83. The van der Waals surface area contributed by atoms with Crippen molar-refractivity contribution >= 4 is 17.3 Å². The molecule has 0 spiro atoms. The molecule has 0 unspecified atom stereocenters. The quantitative estimate of drug-likeness (QED) is 0.321. The number of rotatable bonds is 1. The summed E-state index contributed by atoms with van der Waals surface area (Å²) >= 11 is 0. The van der Waals surface area contributed by atoms with Crippen LogP contribution in [0.25, 0.3) is 0 Å². The summed E-state index contributed by atoms with van der Waals surface area (Å²) < 4.78 is 0. The van der Waals surface area contributed by atoms with Crippen LogP contribution in [0.4, 0.5) is 0 Å². The van der Waals surface area contributed by atoms with Crippen LogP contribution >= 0.6 is 0 Å². The van der Waals surface area contributed by atoms with Gasteiger partial charge in [-0.05, 0) is 36.7 Å². The molecule has 0 aromatic heterocycles. The predicted molar refractivity (Wildman–Crippen MR) is 83.1 cm³/mol. The first-order chi connectivity index (χ1) is 10.8. The van der Waals surface area contributed by atoms with Crippen molar-refractivity contribution in [2.45, 2.75) is 46.0 Å². The van der Waals surface area contributed by atoms with Gasteiger partial charge in [0.25, 0.3) is 0 Å². The van der Waals surface area contributed by atoms with E-state index in [4.69, 9.17) is 0 Å². The molecule has 0 aromatic rings. The Morgan fingerprint density at radius 2 is 1.70 bits per heavy atom. The van der Waals surface area contributed by atoms with Crippen LogP contribution in [0.2, 0.25) is 0 Å². The number of allylic oxidation sites excluding steroid dienone is 4. The highest BCUT2D eigenvalue weighted by atomic mass is 16.2. The Labute approximate surface area is 135 Å². The number of carbonyl (C=O) groups is 3. The van der Waals surface area contributed by atoms with Crippen molar-refractivity contribution in [1.29, 1.82) is 5.26 Å². The molecular formula is C18H20N2O3.